The molecule has 0 unspecified atom stereocenters. The summed E-state index contributed by atoms with van der Waals surface area (Å²) >= 11 is 0. The van der Waals surface area contributed by atoms with E-state index in [9.17, 15) is 10.1 Å². The van der Waals surface area contributed by atoms with Gasteiger partial charge in [-0.2, -0.15) is 10.4 Å². The van der Waals surface area contributed by atoms with Gasteiger partial charge in [0.05, 0.1) is 12.1 Å². The summed E-state index contributed by atoms with van der Waals surface area (Å²) in [5.74, 6) is 0.686. The highest BCUT2D eigenvalue weighted by atomic mass is 16.2. The Balaban J connectivity index is 1.25. The van der Waals surface area contributed by atoms with Crippen LogP contribution in [-0.2, 0) is 13.1 Å². The molecule has 1 aliphatic heterocycles. The number of nitrogens with zero attached hydrogens (tertiary/aromatic N) is 7. The standard InChI is InChI=1S/C21H22N8O/c22-12-19-2-1-7-24-20(19)27-8-10-28(11-9-27)21(30)25-13-17-3-5-18(6-4-17)14-29-16-23-15-26-29/h1-7,15-16H,8-11,13-14H2,(H,25,30). The lowest BCUT2D eigenvalue weighted by Crippen LogP contribution is -2.52. The van der Waals surface area contributed by atoms with Gasteiger partial charge in [0.2, 0.25) is 0 Å². The van der Waals surface area contributed by atoms with Gasteiger partial charge in [-0.1, -0.05) is 24.3 Å². The van der Waals surface area contributed by atoms with Crippen LogP contribution in [-0.4, -0.2) is 56.9 Å². The summed E-state index contributed by atoms with van der Waals surface area (Å²) in [6, 6.07) is 13.7. The molecule has 0 radical (unpaired) electrons. The number of benzene rings is 1. The van der Waals surface area contributed by atoms with Crippen LogP contribution in [0.5, 0.6) is 0 Å². The van der Waals surface area contributed by atoms with E-state index in [-0.39, 0.29) is 6.03 Å². The number of urea groups is 1. The normalized spacial score (nSPS) is 13.7. The molecule has 1 N–H and O–H groups in total. The Kier molecular flexibility index (Phi) is 5.85. The van der Waals surface area contributed by atoms with Gasteiger partial charge < -0.3 is 15.1 Å². The second-order valence-electron chi connectivity index (χ2n) is 7.03. The minimum absolute atomic E-state index is 0.0807. The lowest BCUT2D eigenvalue weighted by molar-refractivity contribution is 0.194. The summed E-state index contributed by atoms with van der Waals surface area (Å²) < 4.78 is 1.76. The molecule has 9 heteroatoms. The number of hydrogen-bond donors (Lipinski definition) is 1. The molecule has 0 atom stereocenters. The maximum atomic E-state index is 12.5. The number of nitrogens with one attached hydrogen (secondary N) is 1. The first kappa shape index (κ1) is 19.4. The molecular weight excluding hydrogens is 380 g/mol. The fourth-order valence-corrected chi connectivity index (χ4v) is 3.41. The van der Waals surface area contributed by atoms with Gasteiger partial charge in [-0.3, -0.25) is 0 Å². The van der Waals surface area contributed by atoms with E-state index < -0.39 is 0 Å². The number of pyridine rings is 1. The maximum Gasteiger partial charge on any atom is 0.317 e. The average Bonchev–Trinajstić information content (AvgIpc) is 3.31. The van der Waals surface area contributed by atoms with Crippen molar-refractivity contribution >= 4 is 11.8 Å². The van der Waals surface area contributed by atoms with Crippen molar-refractivity contribution in [3.8, 4) is 6.07 Å². The number of carbonyl (C=O) groups is 1. The zero-order valence-electron chi connectivity index (χ0n) is 16.5. The van der Waals surface area contributed by atoms with Gasteiger partial charge in [0.15, 0.2) is 0 Å². The SMILES string of the molecule is N#Cc1cccnc1N1CCN(C(=O)NCc2ccc(Cn3cncn3)cc2)CC1. The van der Waals surface area contributed by atoms with E-state index in [1.54, 1.807) is 34.2 Å². The summed E-state index contributed by atoms with van der Waals surface area (Å²) in [4.78, 5) is 24.6. The van der Waals surface area contributed by atoms with Gasteiger partial charge >= 0.3 is 6.03 Å². The van der Waals surface area contributed by atoms with E-state index in [0.717, 1.165) is 11.1 Å². The molecular formula is C21H22N8O. The van der Waals surface area contributed by atoms with E-state index in [4.69, 9.17) is 0 Å². The van der Waals surface area contributed by atoms with Crippen molar-refractivity contribution in [3.05, 3.63) is 71.9 Å². The first-order valence-electron chi connectivity index (χ1n) is 9.76. The van der Waals surface area contributed by atoms with Crippen LogP contribution in [0.25, 0.3) is 0 Å². The summed E-state index contributed by atoms with van der Waals surface area (Å²) in [5.41, 5.74) is 2.72. The van der Waals surface area contributed by atoms with Crippen LogP contribution in [0, 0.1) is 11.3 Å². The predicted octanol–water partition coefficient (Wildman–Crippen LogP) is 1.62. The number of anilines is 1. The van der Waals surface area contributed by atoms with E-state index in [0.29, 0.717) is 50.6 Å². The second kappa shape index (κ2) is 9.05. The zero-order chi connectivity index (χ0) is 20.8. The van der Waals surface area contributed by atoms with Gasteiger partial charge in [0.25, 0.3) is 0 Å². The Morgan fingerprint density at radius 1 is 1.10 bits per heavy atom. The van der Waals surface area contributed by atoms with Crippen LogP contribution in [0.15, 0.2) is 55.2 Å². The molecule has 30 heavy (non-hydrogen) atoms. The van der Waals surface area contributed by atoms with Crippen molar-refractivity contribution in [2.24, 2.45) is 0 Å². The van der Waals surface area contributed by atoms with Gasteiger partial charge in [-0.05, 0) is 23.3 Å². The van der Waals surface area contributed by atoms with E-state index in [1.807, 2.05) is 24.3 Å². The lowest BCUT2D eigenvalue weighted by atomic mass is 10.1. The molecule has 3 heterocycles. The van der Waals surface area contributed by atoms with E-state index >= 15 is 0 Å². The minimum atomic E-state index is -0.0807. The molecule has 4 rings (SSSR count). The Hall–Kier alpha value is -3.93. The van der Waals surface area contributed by atoms with Crippen molar-refractivity contribution in [3.63, 3.8) is 0 Å². The topological polar surface area (TPSA) is 103 Å². The summed E-state index contributed by atoms with van der Waals surface area (Å²) in [6.07, 6.45) is 4.89. The van der Waals surface area contributed by atoms with E-state index in [1.165, 1.54) is 6.33 Å². The van der Waals surface area contributed by atoms with Gasteiger partial charge in [0.1, 0.15) is 24.5 Å². The summed E-state index contributed by atoms with van der Waals surface area (Å²) in [5, 5.41) is 16.3. The van der Waals surface area contributed by atoms with Gasteiger partial charge in [0, 0.05) is 38.9 Å². The largest absolute Gasteiger partial charge is 0.352 e. The number of piperazine rings is 1. The Labute approximate surface area is 174 Å². The van der Waals surface area contributed by atoms with Crippen molar-refractivity contribution in [2.45, 2.75) is 13.1 Å². The molecule has 152 valence electrons. The highest BCUT2D eigenvalue weighted by molar-refractivity contribution is 5.74. The number of rotatable bonds is 5. The van der Waals surface area contributed by atoms with Crippen molar-refractivity contribution < 1.29 is 4.79 Å². The molecule has 1 aromatic carbocycles. The number of carbonyl (C=O) groups excluding carboxylic acids is 1. The van der Waals surface area contributed by atoms with Crippen LogP contribution in [0.4, 0.5) is 10.6 Å². The third kappa shape index (κ3) is 4.55. The number of nitriles is 1. The fraction of sp³-hybridized carbons (Fsp3) is 0.286. The third-order valence-electron chi connectivity index (χ3n) is 5.05. The van der Waals surface area contributed by atoms with Crippen LogP contribution < -0.4 is 10.2 Å². The summed E-state index contributed by atoms with van der Waals surface area (Å²) in [6.45, 7) is 3.61. The average molecular weight is 402 g/mol. The van der Waals surface area contributed by atoms with Crippen molar-refractivity contribution in [1.82, 2.24) is 30.0 Å². The van der Waals surface area contributed by atoms with E-state index in [2.05, 4.69) is 31.4 Å². The Morgan fingerprint density at radius 2 is 1.87 bits per heavy atom. The number of hydrogen-bond acceptors (Lipinski definition) is 6. The minimum Gasteiger partial charge on any atom is -0.352 e. The first-order chi connectivity index (χ1) is 14.7. The lowest BCUT2D eigenvalue weighted by Gasteiger charge is -2.35. The van der Waals surface area contributed by atoms with Crippen LogP contribution in [0.3, 0.4) is 0 Å². The summed E-state index contributed by atoms with van der Waals surface area (Å²) in [7, 11) is 0. The second-order valence-corrected chi connectivity index (χ2v) is 7.03. The van der Waals surface area contributed by atoms with Crippen LogP contribution in [0.2, 0.25) is 0 Å². The Bertz CT molecular complexity index is 1020. The molecule has 1 aliphatic rings. The third-order valence-corrected chi connectivity index (χ3v) is 5.05. The molecule has 0 aliphatic carbocycles. The molecule has 0 saturated carbocycles. The van der Waals surface area contributed by atoms with Gasteiger partial charge in [-0.15, -0.1) is 0 Å². The van der Waals surface area contributed by atoms with Gasteiger partial charge in [-0.25, -0.2) is 19.4 Å². The number of amides is 2. The predicted molar refractivity (Wildman–Crippen MR) is 111 cm³/mol. The Morgan fingerprint density at radius 3 is 2.57 bits per heavy atom. The fourth-order valence-electron chi connectivity index (χ4n) is 3.41. The molecule has 1 fully saturated rings. The zero-order valence-corrected chi connectivity index (χ0v) is 16.5. The van der Waals surface area contributed by atoms with Crippen molar-refractivity contribution in [2.75, 3.05) is 31.1 Å². The smallest absolute Gasteiger partial charge is 0.317 e. The molecule has 3 aromatic rings. The van der Waals surface area contributed by atoms with Crippen molar-refractivity contribution in [1.29, 1.82) is 5.26 Å². The molecule has 1 saturated heterocycles. The molecule has 2 amide bonds. The highest BCUT2D eigenvalue weighted by Crippen LogP contribution is 2.18. The molecule has 0 bridgehead atoms. The first-order valence-corrected chi connectivity index (χ1v) is 9.76. The molecule has 0 spiro atoms. The molecule has 2 aromatic heterocycles. The quantitative estimate of drug-likeness (QED) is 0.696. The highest BCUT2D eigenvalue weighted by Gasteiger charge is 2.23. The maximum absolute atomic E-state index is 12.5. The van der Waals surface area contributed by atoms with Crippen LogP contribution >= 0.6 is 0 Å². The van der Waals surface area contributed by atoms with Crippen LogP contribution in [0.1, 0.15) is 16.7 Å². The number of aromatic nitrogens is 4. The molecule has 9 nitrogen and oxygen atoms in total. The monoisotopic (exact) mass is 402 g/mol.